The zero-order valence-corrected chi connectivity index (χ0v) is 11.0. The molecule has 0 amide bonds. The summed E-state index contributed by atoms with van der Waals surface area (Å²) in [4.78, 5) is 0. The van der Waals surface area contributed by atoms with Gasteiger partial charge in [-0.1, -0.05) is 19.8 Å². The summed E-state index contributed by atoms with van der Waals surface area (Å²) in [5.74, 6) is 0.820. The summed E-state index contributed by atoms with van der Waals surface area (Å²) in [6.07, 6.45) is 9.81. The molecule has 0 aliphatic heterocycles. The normalized spacial score (nSPS) is 12.8. The molecule has 1 unspecified atom stereocenters. The Hall–Kier alpha value is -0.800. The largest absolute Gasteiger partial charge is 0.472 e. The minimum Gasteiger partial charge on any atom is -0.472 e. The Morgan fingerprint density at radius 1 is 1.35 bits per heavy atom. The van der Waals surface area contributed by atoms with Crippen LogP contribution in [0, 0.1) is 5.92 Å². The lowest BCUT2D eigenvalue weighted by Gasteiger charge is -2.14. The van der Waals surface area contributed by atoms with Crippen molar-refractivity contribution in [3.8, 4) is 0 Å². The summed E-state index contributed by atoms with van der Waals surface area (Å²) >= 11 is 0. The molecule has 0 saturated heterocycles. The molecule has 1 aromatic rings. The van der Waals surface area contributed by atoms with Crippen LogP contribution in [0.5, 0.6) is 0 Å². The zero-order valence-electron chi connectivity index (χ0n) is 11.0. The molecule has 1 rings (SSSR count). The molecule has 0 spiro atoms. The van der Waals surface area contributed by atoms with Crippen molar-refractivity contribution >= 4 is 0 Å². The molecule has 98 valence electrons. The van der Waals surface area contributed by atoms with Gasteiger partial charge in [0.05, 0.1) is 12.5 Å². The smallest absolute Gasteiger partial charge is 0.0947 e. The van der Waals surface area contributed by atoms with Crippen molar-refractivity contribution in [2.24, 2.45) is 11.7 Å². The molecule has 0 aromatic carbocycles. The maximum absolute atomic E-state index is 5.63. The lowest BCUT2D eigenvalue weighted by molar-refractivity contribution is 0.403. The lowest BCUT2D eigenvalue weighted by Crippen LogP contribution is -2.16. The number of nitrogens with one attached hydrogen (secondary N) is 1. The van der Waals surface area contributed by atoms with Crippen molar-refractivity contribution in [2.45, 2.75) is 45.6 Å². The van der Waals surface area contributed by atoms with Gasteiger partial charge in [0.15, 0.2) is 0 Å². The molecule has 1 atom stereocenters. The van der Waals surface area contributed by atoms with Crippen molar-refractivity contribution in [3.63, 3.8) is 0 Å². The van der Waals surface area contributed by atoms with Gasteiger partial charge in [-0.25, -0.2) is 0 Å². The predicted octanol–water partition coefficient (Wildman–Crippen LogP) is 2.91. The van der Waals surface area contributed by atoms with Crippen molar-refractivity contribution in [1.82, 2.24) is 5.32 Å². The second-order valence-electron chi connectivity index (χ2n) is 4.68. The van der Waals surface area contributed by atoms with E-state index in [1.807, 2.05) is 6.07 Å². The third-order valence-electron chi connectivity index (χ3n) is 3.15. The second kappa shape index (κ2) is 9.25. The summed E-state index contributed by atoms with van der Waals surface area (Å²) in [6.45, 7) is 5.07. The minimum atomic E-state index is 0.820. The SMILES string of the molecule is CCCC(CCN)CCCNCc1ccoc1. The molecule has 3 nitrogen and oxygen atoms in total. The predicted molar refractivity (Wildman–Crippen MR) is 71.7 cm³/mol. The van der Waals surface area contributed by atoms with Crippen LogP contribution in [-0.4, -0.2) is 13.1 Å². The Bertz CT molecular complexity index is 253. The van der Waals surface area contributed by atoms with E-state index in [1.165, 1.54) is 37.7 Å². The van der Waals surface area contributed by atoms with Gasteiger partial charge in [0.2, 0.25) is 0 Å². The lowest BCUT2D eigenvalue weighted by atomic mass is 9.94. The van der Waals surface area contributed by atoms with Gasteiger partial charge in [0, 0.05) is 12.1 Å². The van der Waals surface area contributed by atoms with Crippen LogP contribution in [-0.2, 0) is 6.54 Å². The van der Waals surface area contributed by atoms with Gasteiger partial charge in [-0.05, 0) is 44.3 Å². The van der Waals surface area contributed by atoms with Gasteiger partial charge in [0.1, 0.15) is 0 Å². The van der Waals surface area contributed by atoms with E-state index in [4.69, 9.17) is 10.2 Å². The molecule has 0 radical (unpaired) electrons. The van der Waals surface area contributed by atoms with E-state index >= 15 is 0 Å². The number of furan rings is 1. The number of hydrogen-bond acceptors (Lipinski definition) is 3. The van der Waals surface area contributed by atoms with Gasteiger partial charge in [-0.2, -0.15) is 0 Å². The van der Waals surface area contributed by atoms with E-state index in [9.17, 15) is 0 Å². The maximum atomic E-state index is 5.63. The summed E-state index contributed by atoms with van der Waals surface area (Å²) in [5, 5.41) is 3.44. The number of hydrogen-bond donors (Lipinski definition) is 2. The van der Waals surface area contributed by atoms with Crippen molar-refractivity contribution in [3.05, 3.63) is 24.2 Å². The highest BCUT2D eigenvalue weighted by Crippen LogP contribution is 2.16. The molecule has 3 heteroatoms. The van der Waals surface area contributed by atoms with E-state index in [-0.39, 0.29) is 0 Å². The second-order valence-corrected chi connectivity index (χ2v) is 4.68. The van der Waals surface area contributed by atoms with Gasteiger partial charge < -0.3 is 15.5 Å². The van der Waals surface area contributed by atoms with E-state index < -0.39 is 0 Å². The molecular formula is C14H26N2O. The monoisotopic (exact) mass is 238 g/mol. The van der Waals surface area contributed by atoms with Crippen LogP contribution in [0.25, 0.3) is 0 Å². The molecule has 17 heavy (non-hydrogen) atoms. The average molecular weight is 238 g/mol. The summed E-state index contributed by atoms with van der Waals surface area (Å²) in [7, 11) is 0. The molecular weight excluding hydrogens is 212 g/mol. The quantitative estimate of drug-likeness (QED) is 0.616. The first-order valence-corrected chi connectivity index (χ1v) is 6.78. The van der Waals surface area contributed by atoms with Gasteiger partial charge in [-0.15, -0.1) is 0 Å². The van der Waals surface area contributed by atoms with Crippen molar-refractivity contribution in [1.29, 1.82) is 0 Å². The molecule has 0 saturated carbocycles. The third-order valence-corrected chi connectivity index (χ3v) is 3.15. The van der Waals surface area contributed by atoms with E-state index in [0.29, 0.717) is 0 Å². The topological polar surface area (TPSA) is 51.2 Å². The Morgan fingerprint density at radius 3 is 2.88 bits per heavy atom. The van der Waals surface area contributed by atoms with E-state index in [1.54, 1.807) is 12.5 Å². The first kappa shape index (κ1) is 14.3. The third kappa shape index (κ3) is 6.49. The van der Waals surface area contributed by atoms with Crippen molar-refractivity contribution in [2.75, 3.05) is 13.1 Å². The summed E-state index contributed by atoms with van der Waals surface area (Å²) in [5.41, 5.74) is 6.85. The molecule has 1 heterocycles. The zero-order chi connectivity index (χ0) is 12.3. The van der Waals surface area contributed by atoms with Gasteiger partial charge >= 0.3 is 0 Å². The van der Waals surface area contributed by atoms with Crippen LogP contribution in [0.4, 0.5) is 0 Å². The van der Waals surface area contributed by atoms with Crippen molar-refractivity contribution < 1.29 is 4.42 Å². The number of rotatable bonds is 10. The highest BCUT2D eigenvalue weighted by molar-refractivity contribution is 5.04. The first-order chi connectivity index (χ1) is 8.36. The standard InChI is InChI=1S/C14H26N2O/c1-2-4-13(6-8-15)5-3-9-16-11-14-7-10-17-12-14/h7,10,12-13,16H,2-6,8-9,11,15H2,1H3. The van der Waals surface area contributed by atoms with E-state index in [2.05, 4.69) is 12.2 Å². The molecule has 0 fully saturated rings. The van der Waals surface area contributed by atoms with Crippen LogP contribution >= 0.6 is 0 Å². The Balaban J connectivity index is 2.01. The Kier molecular flexibility index (Phi) is 7.76. The summed E-state index contributed by atoms with van der Waals surface area (Å²) < 4.78 is 5.02. The molecule has 0 bridgehead atoms. The average Bonchev–Trinajstić information content (AvgIpc) is 2.82. The van der Waals surface area contributed by atoms with Crippen LogP contribution in [0.1, 0.15) is 44.6 Å². The molecule has 0 aliphatic rings. The molecule has 3 N–H and O–H groups in total. The van der Waals surface area contributed by atoms with Crippen LogP contribution in [0.3, 0.4) is 0 Å². The minimum absolute atomic E-state index is 0.820. The fraction of sp³-hybridized carbons (Fsp3) is 0.714. The number of nitrogens with two attached hydrogens (primary N) is 1. The fourth-order valence-corrected chi connectivity index (χ4v) is 2.22. The molecule has 0 aliphatic carbocycles. The fourth-order valence-electron chi connectivity index (χ4n) is 2.22. The molecule has 1 aromatic heterocycles. The van der Waals surface area contributed by atoms with Gasteiger partial charge in [0.25, 0.3) is 0 Å². The maximum Gasteiger partial charge on any atom is 0.0947 e. The van der Waals surface area contributed by atoms with Crippen LogP contribution < -0.4 is 11.1 Å². The highest BCUT2D eigenvalue weighted by atomic mass is 16.3. The van der Waals surface area contributed by atoms with E-state index in [0.717, 1.165) is 25.6 Å². The Labute approximate surface area is 105 Å². The van der Waals surface area contributed by atoms with Crippen LogP contribution in [0.15, 0.2) is 23.0 Å². The van der Waals surface area contributed by atoms with Gasteiger partial charge in [-0.3, -0.25) is 0 Å². The first-order valence-electron chi connectivity index (χ1n) is 6.78. The highest BCUT2D eigenvalue weighted by Gasteiger charge is 2.05. The summed E-state index contributed by atoms with van der Waals surface area (Å²) in [6, 6.07) is 2.00. The van der Waals surface area contributed by atoms with Crippen LogP contribution in [0.2, 0.25) is 0 Å². The Morgan fingerprint density at radius 2 is 2.24 bits per heavy atom.